The Labute approximate surface area is 160 Å². The summed E-state index contributed by atoms with van der Waals surface area (Å²) >= 11 is 0. The monoisotopic (exact) mass is 371 g/mol. The number of anilines is 1. The van der Waals surface area contributed by atoms with Crippen molar-refractivity contribution in [1.29, 1.82) is 0 Å². The summed E-state index contributed by atoms with van der Waals surface area (Å²) in [5.74, 6) is 2.00. The minimum absolute atomic E-state index is 0.168. The maximum atomic E-state index is 12.3. The van der Waals surface area contributed by atoms with E-state index in [-0.39, 0.29) is 11.7 Å². The van der Waals surface area contributed by atoms with Gasteiger partial charge in [-0.3, -0.25) is 4.79 Å². The summed E-state index contributed by atoms with van der Waals surface area (Å²) < 4.78 is 2.11. The molecule has 1 aliphatic rings. The zero-order chi connectivity index (χ0) is 19.7. The summed E-state index contributed by atoms with van der Waals surface area (Å²) in [6.45, 7) is 8.52. The molecule has 1 aliphatic heterocycles. The Balaban J connectivity index is 1.71. The van der Waals surface area contributed by atoms with Gasteiger partial charge < -0.3 is 19.7 Å². The number of aromatic nitrogens is 4. The second-order valence-corrected chi connectivity index (χ2v) is 7.47. The molecule has 0 saturated carbocycles. The van der Waals surface area contributed by atoms with Crippen molar-refractivity contribution < 1.29 is 4.79 Å². The standard InChI is InChI=1S/C19H29N7O/c1-12-9-21-16(25(12)6)10-20-15-7-8-26(11-15)18-13(2)14(3)22-17(23-18)19(27)24(4)5/h9,15,20H,7-8,10-11H2,1-6H3/t15-/m1/s1. The summed E-state index contributed by atoms with van der Waals surface area (Å²) in [7, 11) is 5.47. The fourth-order valence-electron chi connectivity index (χ4n) is 3.28. The van der Waals surface area contributed by atoms with Crippen LogP contribution in [0.1, 0.15) is 39.8 Å². The van der Waals surface area contributed by atoms with Crippen LogP contribution < -0.4 is 10.2 Å². The molecule has 1 atom stereocenters. The van der Waals surface area contributed by atoms with Crippen molar-refractivity contribution >= 4 is 11.7 Å². The maximum Gasteiger partial charge on any atom is 0.291 e. The van der Waals surface area contributed by atoms with E-state index >= 15 is 0 Å². The molecule has 0 radical (unpaired) electrons. The molecular formula is C19H29N7O. The lowest BCUT2D eigenvalue weighted by Crippen LogP contribution is -2.34. The predicted molar refractivity (Wildman–Crippen MR) is 105 cm³/mol. The molecule has 0 unspecified atom stereocenters. The molecule has 1 saturated heterocycles. The van der Waals surface area contributed by atoms with Crippen LogP contribution in [0, 0.1) is 20.8 Å². The van der Waals surface area contributed by atoms with Crippen LogP contribution in [0.5, 0.6) is 0 Å². The third-order valence-corrected chi connectivity index (χ3v) is 5.31. The highest BCUT2D eigenvalue weighted by Gasteiger charge is 2.27. The average Bonchev–Trinajstić information content (AvgIpc) is 3.22. The highest BCUT2D eigenvalue weighted by molar-refractivity contribution is 5.90. The molecule has 0 aromatic carbocycles. The van der Waals surface area contributed by atoms with E-state index in [1.54, 1.807) is 14.1 Å². The Hall–Kier alpha value is -2.48. The first-order valence-electron chi connectivity index (χ1n) is 9.30. The van der Waals surface area contributed by atoms with Crippen LogP contribution in [0.4, 0.5) is 5.82 Å². The number of nitrogens with one attached hydrogen (secondary N) is 1. The molecule has 1 amide bonds. The number of nitrogens with zero attached hydrogens (tertiary/aromatic N) is 6. The number of aryl methyl sites for hydroxylation is 2. The van der Waals surface area contributed by atoms with Crippen molar-refractivity contribution in [1.82, 2.24) is 29.7 Å². The first-order chi connectivity index (χ1) is 12.8. The quantitative estimate of drug-likeness (QED) is 0.851. The summed E-state index contributed by atoms with van der Waals surface area (Å²) in [6.07, 6.45) is 2.93. The van der Waals surface area contributed by atoms with Gasteiger partial charge in [0.15, 0.2) is 0 Å². The van der Waals surface area contributed by atoms with Crippen molar-refractivity contribution in [2.24, 2.45) is 7.05 Å². The minimum Gasteiger partial charge on any atom is -0.355 e. The van der Waals surface area contributed by atoms with Gasteiger partial charge in [0.05, 0.1) is 6.54 Å². The van der Waals surface area contributed by atoms with Gasteiger partial charge in [-0.05, 0) is 27.2 Å². The lowest BCUT2D eigenvalue weighted by atomic mass is 10.2. The van der Waals surface area contributed by atoms with Crippen LogP contribution in [0.3, 0.4) is 0 Å². The van der Waals surface area contributed by atoms with Crippen molar-refractivity contribution in [3.63, 3.8) is 0 Å². The molecule has 3 rings (SSSR count). The lowest BCUT2D eigenvalue weighted by Gasteiger charge is -2.22. The summed E-state index contributed by atoms with van der Waals surface area (Å²) in [5, 5.41) is 3.60. The number of carbonyl (C=O) groups excluding carboxylic acids is 1. The van der Waals surface area contributed by atoms with Gasteiger partial charge in [-0.25, -0.2) is 15.0 Å². The van der Waals surface area contributed by atoms with Crippen LogP contribution in [-0.2, 0) is 13.6 Å². The molecule has 27 heavy (non-hydrogen) atoms. The summed E-state index contributed by atoms with van der Waals surface area (Å²) in [5.41, 5.74) is 3.04. The zero-order valence-electron chi connectivity index (χ0n) is 17.1. The van der Waals surface area contributed by atoms with E-state index in [1.807, 2.05) is 27.1 Å². The Bertz CT molecular complexity index is 843. The van der Waals surface area contributed by atoms with Crippen molar-refractivity contribution in [3.8, 4) is 0 Å². The summed E-state index contributed by atoms with van der Waals surface area (Å²) in [6, 6.07) is 0.365. The van der Waals surface area contributed by atoms with Crippen LogP contribution >= 0.6 is 0 Å². The van der Waals surface area contributed by atoms with Gasteiger partial charge in [0.1, 0.15) is 11.6 Å². The lowest BCUT2D eigenvalue weighted by molar-refractivity contribution is 0.0815. The SMILES string of the molecule is Cc1nc(C(=O)N(C)C)nc(N2CC[C@@H](NCc3ncc(C)n3C)C2)c1C. The number of rotatable bonds is 5. The molecule has 1 N–H and O–H groups in total. The molecule has 0 bridgehead atoms. The Kier molecular flexibility index (Phi) is 5.46. The molecule has 2 aromatic rings. The van der Waals surface area contributed by atoms with E-state index in [0.717, 1.165) is 54.6 Å². The number of amides is 1. The minimum atomic E-state index is -0.168. The number of hydrogen-bond donors (Lipinski definition) is 1. The molecule has 0 aliphatic carbocycles. The van der Waals surface area contributed by atoms with Crippen LogP contribution in [-0.4, -0.2) is 63.6 Å². The normalized spacial score (nSPS) is 16.8. The van der Waals surface area contributed by atoms with E-state index in [2.05, 4.69) is 36.7 Å². The number of carbonyl (C=O) groups is 1. The zero-order valence-corrected chi connectivity index (χ0v) is 17.1. The van der Waals surface area contributed by atoms with Gasteiger partial charge in [-0.1, -0.05) is 0 Å². The molecule has 8 heteroatoms. The van der Waals surface area contributed by atoms with Crippen LogP contribution in [0.15, 0.2) is 6.20 Å². The maximum absolute atomic E-state index is 12.3. The fourth-order valence-corrected chi connectivity index (χ4v) is 3.28. The Morgan fingerprint density at radius 3 is 2.67 bits per heavy atom. The van der Waals surface area contributed by atoms with Crippen molar-refractivity contribution in [2.45, 2.75) is 39.8 Å². The van der Waals surface area contributed by atoms with E-state index in [0.29, 0.717) is 6.04 Å². The van der Waals surface area contributed by atoms with Gasteiger partial charge in [-0.15, -0.1) is 0 Å². The number of imidazole rings is 1. The second kappa shape index (κ2) is 7.64. The predicted octanol–water partition coefficient (Wildman–Crippen LogP) is 1.21. The van der Waals surface area contributed by atoms with E-state index in [1.165, 1.54) is 4.90 Å². The molecule has 146 valence electrons. The van der Waals surface area contributed by atoms with E-state index in [9.17, 15) is 4.79 Å². The van der Waals surface area contributed by atoms with Gasteiger partial charge in [0.25, 0.3) is 5.91 Å². The fraction of sp³-hybridized carbons (Fsp3) is 0.579. The third-order valence-electron chi connectivity index (χ3n) is 5.31. The molecule has 0 spiro atoms. The molecule has 3 heterocycles. The second-order valence-electron chi connectivity index (χ2n) is 7.47. The topological polar surface area (TPSA) is 79.2 Å². The highest BCUT2D eigenvalue weighted by Crippen LogP contribution is 2.24. The van der Waals surface area contributed by atoms with Gasteiger partial charge >= 0.3 is 0 Å². The molecule has 2 aromatic heterocycles. The van der Waals surface area contributed by atoms with Crippen molar-refractivity contribution in [2.75, 3.05) is 32.1 Å². The number of hydrogen-bond acceptors (Lipinski definition) is 6. The average molecular weight is 371 g/mol. The first-order valence-corrected chi connectivity index (χ1v) is 9.30. The molecule has 1 fully saturated rings. The highest BCUT2D eigenvalue weighted by atomic mass is 16.2. The van der Waals surface area contributed by atoms with Crippen LogP contribution in [0.2, 0.25) is 0 Å². The van der Waals surface area contributed by atoms with Crippen molar-refractivity contribution in [3.05, 3.63) is 34.8 Å². The Morgan fingerprint density at radius 1 is 1.30 bits per heavy atom. The van der Waals surface area contributed by atoms with Gasteiger partial charge in [-0.2, -0.15) is 0 Å². The smallest absolute Gasteiger partial charge is 0.291 e. The third kappa shape index (κ3) is 3.95. The Morgan fingerprint density at radius 2 is 2.04 bits per heavy atom. The van der Waals surface area contributed by atoms with E-state index in [4.69, 9.17) is 0 Å². The van der Waals surface area contributed by atoms with Gasteiger partial charge in [0, 0.05) is 63.4 Å². The summed E-state index contributed by atoms with van der Waals surface area (Å²) in [4.78, 5) is 29.5. The molecular weight excluding hydrogens is 342 g/mol. The largest absolute Gasteiger partial charge is 0.355 e. The molecule has 8 nitrogen and oxygen atoms in total. The van der Waals surface area contributed by atoms with E-state index < -0.39 is 0 Å². The first kappa shape index (κ1) is 19.3. The van der Waals surface area contributed by atoms with Crippen LogP contribution in [0.25, 0.3) is 0 Å². The van der Waals surface area contributed by atoms with Gasteiger partial charge in [0.2, 0.25) is 5.82 Å².